The lowest BCUT2D eigenvalue weighted by atomic mass is 9.84. The minimum absolute atomic E-state index is 0.0539. The van der Waals surface area contributed by atoms with Crippen LogP contribution in [-0.4, -0.2) is 37.5 Å². The molecule has 2 unspecified atom stereocenters. The molecule has 0 amide bonds. The maximum atomic E-state index is 12.8. The van der Waals surface area contributed by atoms with E-state index in [1.54, 1.807) is 12.1 Å². The van der Waals surface area contributed by atoms with E-state index >= 15 is 0 Å². The van der Waals surface area contributed by atoms with Gasteiger partial charge >= 0.3 is 6.18 Å². The predicted octanol–water partition coefficient (Wildman–Crippen LogP) is 3.79. The molecule has 0 aliphatic carbocycles. The lowest BCUT2D eigenvalue weighted by Gasteiger charge is -2.39. The fourth-order valence-electron chi connectivity index (χ4n) is 3.51. The molecule has 1 aromatic carbocycles. The van der Waals surface area contributed by atoms with Crippen molar-refractivity contribution in [1.82, 2.24) is 10.2 Å². The smallest absolute Gasteiger partial charge is 0.370 e. The number of rotatable bonds is 6. The molecule has 1 heterocycles. The first-order chi connectivity index (χ1) is 12.3. The van der Waals surface area contributed by atoms with Crippen LogP contribution in [0.15, 0.2) is 29.3 Å². The van der Waals surface area contributed by atoms with E-state index < -0.39 is 11.7 Å². The zero-order valence-electron chi connectivity index (χ0n) is 15.5. The molecular formula is C19H29F3N4. The van der Waals surface area contributed by atoms with E-state index in [-0.39, 0.29) is 12.0 Å². The summed E-state index contributed by atoms with van der Waals surface area (Å²) in [6.45, 7) is 4.41. The second kappa shape index (κ2) is 9.26. The standard InChI is InChI=1S/C19H29F3N4/c1-3-4-11-24-18(23)25-13-15-6-5-12-26(2)17(15)14-7-9-16(10-8-14)19(20,21)22/h7-10,15,17H,3-6,11-13H2,1-2H3,(H3,23,24,25). The van der Waals surface area contributed by atoms with Gasteiger partial charge in [0.1, 0.15) is 0 Å². The third-order valence-corrected chi connectivity index (χ3v) is 4.92. The van der Waals surface area contributed by atoms with Gasteiger partial charge in [-0.15, -0.1) is 0 Å². The Balaban J connectivity index is 2.09. The van der Waals surface area contributed by atoms with Crippen molar-refractivity contribution in [3.8, 4) is 0 Å². The minimum atomic E-state index is -4.31. The van der Waals surface area contributed by atoms with Gasteiger partial charge in [-0.3, -0.25) is 9.89 Å². The van der Waals surface area contributed by atoms with Crippen molar-refractivity contribution in [3.05, 3.63) is 35.4 Å². The molecule has 4 nitrogen and oxygen atoms in total. The van der Waals surface area contributed by atoms with Crippen LogP contribution in [0.4, 0.5) is 13.2 Å². The molecule has 0 aromatic heterocycles. The van der Waals surface area contributed by atoms with Crippen LogP contribution in [0.2, 0.25) is 0 Å². The van der Waals surface area contributed by atoms with Crippen molar-refractivity contribution in [1.29, 1.82) is 0 Å². The van der Waals surface area contributed by atoms with E-state index in [1.807, 2.05) is 7.05 Å². The fourth-order valence-corrected chi connectivity index (χ4v) is 3.51. The van der Waals surface area contributed by atoms with Gasteiger partial charge in [0, 0.05) is 19.1 Å². The maximum Gasteiger partial charge on any atom is 0.416 e. The number of aliphatic imine (C=N–C) groups is 1. The number of hydrogen-bond acceptors (Lipinski definition) is 2. The van der Waals surface area contributed by atoms with Crippen LogP contribution in [0.1, 0.15) is 49.8 Å². The number of piperidine rings is 1. The monoisotopic (exact) mass is 370 g/mol. The largest absolute Gasteiger partial charge is 0.416 e. The van der Waals surface area contributed by atoms with Crippen LogP contribution in [0, 0.1) is 5.92 Å². The van der Waals surface area contributed by atoms with Crippen LogP contribution in [-0.2, 0) is 6.18 Å². The lowest BCUT2D eigenvalue weighted by molar-refractivity contribution is -0.137. The number of unbranched alkanes of at least 4 members (excludes halogenated alkanes) is 1. The van der Waals surface area contributed by atoms with Crippen LogP contribution in [0.3, 0.4) is 0 Å². The molecule has 1 fully saturated rings. The highest BCUT2D eigenvalue weighted by Crippen LogP contribution is 2.37. The summed E-state index contributed by atoms with van der Waals surface area (Å²) in [6.07, 6.45) is -0.141. The summed E-state index contributed by atoms with van der Waals surface area (Å²) < 4.78 is 38.4. The summed E-state index contributed by atoms with van der Waals surface area (Å²) in [5.41, 5.74) is 6.21. The summed E-state index contributed by atoms with van der Waals surface area (Å²) in [6, 6.07) is 5.57. The highest BCUT2D eigenvalue weighted by atomic mass is 19.4. The third-order valence-electron chi connectivity index (χ3n) is 4.92. The molecule has 146 valence electrons. The quantitative estimate of drug-likeness (QED) is 0.455. The van der Waals surface area contributed by atoms with E-state index in [4.69, 9.17) is 5.73 Å². The van der Waals surface area contributed by atoms with Crippen molar-refractivity contribution in [3.63, 3.8) is 0 Å². The van der Waals surface area contributed by atoms with Gasteiger partial charge in [0.25, 0.3) is 0 Å². The van der Waals surface area contributed by atoms with E-state index in [9.17, 15) is 13.2 Å². The Morgan fingerprint density at radius 3 is 2.62 bits per heavy atom. The number of halogens is 3. The first kappa shape index (κ1) is 20.6. The Bertz CT molecular complexity index is 583. The highest BCUT2D eigenvalue weighted by Gasteiger charge is 2.33. The molecule has 2 rings (SSSR count). The van der Waals surface area contributed by atoms with Crippen LogP contribution >= 0.6 is 0 Å². The topological polar surface area (TPSA) is 53.6 Å². The number of nitrogens with one attached hydrogen (secondary N) is 1. The fraction of sp³-hybridized carbons (Fsp3) is 0.632. The average Bonchev–Trinajstić information content (AvgIpc) is 2.59. The zero-order valence-corrected chi connectivity index (χ0v) is 15.5. The van der Waals surface area contributed by atoms with Crippen molar-refractivity contribution >= 4 is 5.96 Å². The molecule has 0 saturated carbocycles. The van der Waals surface area contributed by atoms with Gasteiger partial charge in [0.2, 0.25) is 0 Å². The first-order valence-corrected chi connectivity index (χ1v) is 9.24. The number of benzene rings is 1. The molecule has 0 radical (unpaired) electrons. The Kier molecular flexibility index (Phi) is 7.32. The van der Waals surface area contributed by atoms with Gasteiger partial charge in [-0.2, -0.15) is 13.2 Å². The number of hydrogen-bond donors (Lipinski definition) is 2. The Hall–Kier alpha value is -1.76. The van der Waals surface area contributed by atoms with Crippen LogP contribution in [0.5, 0.6) is 0 Å². The van der Waals surface area contributed by atoms with Gasteiger partial charge in [0.05, 0.1) is 5.56 Å². The Labute approximate surface area is 153 Å². The van der Waals surface area contributed by atoms with Crippen LogP contribution < -0.4 is 11.1 Å². The molecule has 7 heteroatoms. The van der Waals surface area contributed by atoms with Gasteiger partial charge in [0.15, 0.2) is 5.96 Å². The second-order valence-corrected chi connectivity index (χ2v) is 6.95. The number of guanidine groups is 1. The molecule has 2 atom stereocenters. The van der Waals surface area contributed by atoms with E-state index in [1.165, 1.54) is 12.1 Å². The van der Waals surface area contributed by atoms with Crippen molar-refractivity contribution < 1.29 is 13.2 Å². The summed E-state index contributed by atoms with van der Waals surface area (Å²) >= 11 is 0. The number of nitrogens with zero attached hydrogens (tertiary/aromatic N) is 2. The lowest BCUT2D eigenvalue weighted by Crippen LogP contribution is -2.38. The number of nitrogens with two attached hydrogens (primary N) is 1. The predicted molar refractivity (Wildman–Crippen MR) is 98.9 cm³/mol. The number of alkyl halides is 3. The molecule has 26 heavy (non-hydrogen) atoms. The van der Waals surface area contributed by atoms with Gasteiger partial charge in [-0.25, -0.2) is 0 Å². The average molecular weight is 370 g/mol. The van der Waals surface area contributed by atoms with E-state index in [0.29, 0.717) is 12.5 Å². The summed E-state index contributed by atoms with van der Waals surface area (Å²) in [4.78, 5) is 6.66. The second-order valence-electron chi connectivity index (χ2n) is 6.95. The van der Waals surface area contributed by atoms with Crippen molar-refractivity contribution in [2.24, 2.45) is 16.6 Å². The molecule has 0 bridgehead atoms. The highest BCUT2D eigenvalue weighted by molar-refractivity contribution is 5.77. The summed E-state index contributed by atoms with van der Waals surface area (Å²) in [5.74, 6) is 0.676. The Morgan fingerprint density at radius 1 is 1.31 bits per heavy atom. The van der Waals surface area contributed by atoms with Gasteiger partial charge in [-0.05, 0) is 56.5 Å². The Morgan fingerprint density at radius 2 is 2.00 bits per heavy atom. The molecule has 1 aliphatic heterocycles. The molecule has 1 aliphatic rings. The molecule has 0 spiro atoms. The van der Waals surface area contributed by atoms with Crippen molar-refractivity contribution in [2.45, 2.75) is 44.8 Å². The molecule has 3 N–H and O–H groups in total. The van der Waals surface area contributed by atoms with E-state index in [0.717, 1.165) is 44.3 Å². The molecule has 1 saturated heterocycles. The maximum absolute atomic E-state index is 12.8. The SMILES string of the molecule is CCCCNC(N)=NCC1CCCN(C)C1c1ccc(C(F)(F)F)cc1. The van der Waals surface area contributed by atoms with Gasteiger partial charge in [-0.1, -0.05) is 25.5 Å². The minimum Gasteiger partial charge on any atom is -0.370 e. The van der Waals surface area contributed by atoms with E-state index in [2.05, 4.69) is 22.1 Å². The van der Waals surface area contributed by atoms with Crippen molar-refractivity contribution in [2.75, 3.05) is 26.7 Å². The normalized spacial score (nSPS) is 22.4. The third kappa shape index (κ3) is 5.62. The van der Waals surface area contributed by atoms with Crippen LogP contribution in [0.25, 0.3) is 0 Å². The summed E-state index contributed by atoms with van der Waals surface area (Å²) in [5, 5.41) is 3.10. The summed E-state index contributed by atoms with van der Waals surface area (Å²) in [7, 11) is 2.01. The first-order valence-electron chi connectivity index (χ1n) is 9.24. The molecule has 1 aromatic rings. The number of likely N-dealkylation sites (tertiary alicyclic amines) is 1. The zero-order chi connectivity index (χ0) is 19.2. The van der Waals surface area contributed by atoms with Gasteiger partial charge < -0.3 is 11.1 Å². The molecular weight excluding hydrogens is 341 g/mol.